The second-order valence-corrected chi connectivity index (χ2v) is 7.14. The molecule has 0 saturated heterocycles. The van der Waals surface area contributed by atoms with Crippen molar-refractivity contribution < 1.29 is 14.3 Å². The summed E-state index contributed by atoms with van der Waals surface area (Å²) in [7, 11) is 4.68. The minimum atomic E-state index is -0.263. The van der Waals surface area contributed by atoms with Crippen LogP contribution in [0.25, 0.3) is 0 Å². The van der Waals surface area contributed by atoms with E-state index in [2.05, 4.69) is 5.10 Å². The van der Waals surface area contributed by atoms with E-state index in [1.165, 1.54) is 19.2 Å². The molecule has 0 N–H and O–H groups in total. The van der Waals surface area contributed by atoms with Crippen LogP contribution in [-0.4, -0.2) is 34.8 Å². The highest BCUT2D eigenvalue weighted by Gasteiger charge is 2.20. The molecule has 7 nitrogen and oxygen atoms in total. The maximum Gasteiger partial charge on any atom is 0.274 e. The Morgan fingerprint density at radius 2 is 1.89 bits per heavy atom. The summed E-state index contributed by atoms with van der Waals surface area (Å²) in [5.41, 5.74) is 0.854. The van der Waals surface area contributed by atoms with Gasteiger partial charge in [-0.05, 0) is 35.2 Å². The highest BCUT2D eigenvalue weighted by Crippen LogP contribution is 2.28. The number of nitrogens with zero attached hydrogens (tertiary/aromatic N) is 3. The van der Waals surface area contributed by atoms with Crippen LogP contribution in [0.1, 0.15) is 20.9 Å². The normalized spacial score (nSPS) is 10.5. The van der Waals surface area contributed by atoms with Gasteiger partial charge in [0.2, 0.25) is 0 Å². The number of benzene rings is 1. The van der Waals surface area contributed by atoms with E-state index in [4.69, 9.17) is 9.47 Å². The molecule has 1 aromatic carbocycles. The molecule has 0 unspecified atom stereocenters. The predicted molar refractivity (Wildman–Crippen MR) is 107 cm³/mol. The van der Waals surface area contributed by atoms with Gasteiger partial charge >= 0.3 is 0 Å². The van der Waals surface area contributed by atoms with Crippen LogP contribution in [0.4, 0.5) is 0 Å². The van der Waals surface area contributed by atoms with Gasteiger partial charge in [0.15, 0.2) is 11.5 Å². The van der Waals surface area contributed by atoms with Crippen molar-refractivity contribution in [2.75, 3.05) is 14.2 Å². The van der Waals surface area contributed by atoms with Gasteiger partial charge in [0.05, 0.1) is 20.8 Å². The monoisotopic (exact) mass is 399 g/mol. The third-order valence-electron chi connectivity index (χ3n) is 4.21. The second-order valence-electron chi connectivity index (χ2n) is 6.11. The van der Waals surface area contributed by atoms with Crippen molar-refractivity contribution >= 4 is 17.2 Å². The van der Waals surface area contributed by atoms with E-state index in [-0.39, 0.29) is 17.2 Å². The zero-order valence-corrected chi connectivity index (χ0v) is 16.7. The quantitative estimate of drug-likeness (QED) is 0.611. The molecule has 0 bridgehead atoms. The first kappa shape index (κ1) is 19.6. The zero-order chi connectivity index (χ0) is 20.1. The fourth-order valence-corrected chi connectivity index (χ4v) is 3.49. The summed E-state index contributed by atoms with van der Waals surface area (Å²) in [5, 5.41) is 6.07. The Morgan fingerprint density at radius 1 is 1.11 bits per heavy atom. The molecule has 2 heterocycles. The Hall–Kier alpha value is -3.13. The van der Waals surface area contributed by atoms with Crippen LogP contribution >= 0.6 is 11.3 Å². The smallest absolute Gasteiger partial charge is 0.274 e. The summed E-state index contributed by atoms with van der Waals surface area (Å²) < 4.78 is 11.8. The van der Waals surface area contributed by atoms with Gasteiger partial charge < -0.3 is 14.4 Å². The van der Waals surface area contributed by atoms with Crippen LogP contribution in [0.2, 0.25) is 0 Å². The van der Waals surface area contributed by atoms with E-state index in [1.54, 1.807) is 30.5 Å². The summed E-state index contributed by atoms with van der Waals surface area (Å²) >= 11 is 1.58. The van der Waals surface area contributed by atoms with Crippen molar-refractivity contribution in [1.82, 2.24) is 14.7 Å². The number of methoxy groups -OCH3 is 2. The lowest BCUT2D eigenvalue weighted by atomic mass is 10.1. The standard InChI is InChI=1S/C20H21N3O4S/c1-22-19(24)9-7-16(21-22)20(25)23(13-15-5-4-10-28-15)12-14-6-8-17(26-2)18(11-14)27-3/h4-11H,12-13H2,1-3H3. The predicted octanol–water partition coefficient (Wildman–Crippen LogP) is 2.70. The number of carbonyl (C=O) groups excluding carboxylic acids is 1. The topological polar surface area (TPSA) is 73.7 Å². The molecule has 1 amide bonds. The Balaban J connectivity index is 1.91. The Morgan fingerprint density at radius 3 is 2.54 bits per heavy atom. The molecule has 3 aromatic rings. The highest BCUT2D eigenvalue weighted by atomic mass is 32.1. The van der Waals surface area contributed by atoms with Crippen molar-refractivity contribution in [2.24, 2.45) is 7.05 Å². The maximum absolute atomic E-state index is 13.1. The number of amides is 1. The van der Waals surface area contributed by atoms with Crippen molar-refractivity contribution in [3.63, 3.8) is 0 Å². The number of rotatable bonds is 7. The molecule has 0 aliphatic carbocycles. The molecule has 3 rings (SSSR count). The molecule has 28 heavy (non-hydrogen) atoms. The SMILES string of the molecule is COc1ccc(CN(Cc2cccs2)C(=O)c2ccc(=O)n(C)n2)cc1OC. The number of carbonyl (C=O) groups is 1. The number of ether oxygens (including phenoxy) is 2. The minimum Gasteiger partial charge on any atom is -0.493 e. The van der Waals surface area contributed by atoms with Gasteiger partial charge in [-0.25, -0.2) is 4.68 Å². The van der Waals surface area contributed by atoms with Gasteiger partial charge in [0.1, 0.15) is 5.69 Å². The van der Waals surface area contributed by atoms with Gasteiger partial charge in [0.25, 0.3) is 11.5 Å². The molecular weight excluding hydrogens is 378 g/mol. The first-order valence-corrected chi connectivity index (χ1v) is 9.46. The van der Waals surface area contributed by atoms with Gasteiger partial charge in [-0.15, -0.1) is 11.3 Å². The first-order valence-electron chi connectivity index (χ1n) is 8.58. The summed E-state index contributed by atoms with van der Waals surface area (Å²) in [5.74, 6) is 0.977. The number of hydrogen-bond acceptors (Lipinski definition) is 6. The lowest BCUT2D eigenvalue weighted by Crippen LogP contribution is -2.32. The van der Waals surface area contributed by atoms with Gasteiger partial charge in [-0.1, -0.05) is 12.1 Å². The number of aryl methyl sites for hydroxylation is 1. The number of hydrogen-bond donors (Lipinski definition) is 0. The van der Waals surface area contributed by atoms with Gasteiger partial charge in [-0.3, -0.25) is 9.59 Å². The fourth-order valence-electron chi connectivity index (χ4n) is 2.77. The molecule has 8 heteroatoms. The highest BCUT2D eigenvalue weighted by molar-refractivity contribution is 7.09. The van der Waals surface area contributed by atoms with Crippen molar-refractivity contribution in [2.45, 2.75) is 13.1 Å². The van der Waals surface area contributed by atoms with Crippen LogP contribution < -0.4 is 15.0 Å². The maximum atomic E-state index is 13.1. The zero-order valence-electron chi connectivity index (χ0n) is 15.9. The Labute approximate surface area is 166 Å². The van der Waals surface area contributed by atoms with Crippen molar-refractivity contribution in [1.29, 1.82) is 0 Å². The van der Waals surface area contributed by atoms with Crippen molar-refractivity contribution in [3.05, 3.63) is 74.3 Å². The average Bonchev–Trinajstić information content (AvgIpc) is 3.22. The minimum absolute atomic E-state index is 0.221. The molecule has 0 atom stereocenters. The summed E-state index contributed by atoms with van der Waals surface area (Å²) in [6.07, 6.45) is 0. The van der Waals surface area contributed by atoms with Crippen LogP contribution in [-0.2, 0) is 20.1 Å². The number of thiophene rings is 1. The molecule has 0 aliphatic heterocycles. The summed E-state index contributed by atoms with van der Waals surface area (Å²) in [6.45, 7) is 0.803. The fraction of sp³-hybridized carbons (Fsp3) is 0.250. The molecule has 146 valence electrons. The molecule has 0 aliphatic rings. The molecule has 0 radical (unpaired) electrons. The van der Waals surface area contributed by atoms with E-state index in [9.17, 15) is 9.59 Å². The van der Waals surface area contributed by atoms with Crippen LogP contribution in [0, 0.1) is 0 Å². The number of aromatic nitrogens is 2. The molecule has 0 fully saturated rings. The van der Waals surface area contributed by atoms with Gasteiger partial charge in [-0.2, -0.15) is 5.10 Å². The van der Waals surface area contributed by atoms with E-state index in [1.807, 2.05) is 35.7 Å². The van der Waals surface area contributed by atoms with Crippen molar-refractivity contribution in [3.8, 4) is 11.5 Å². The summed E-state index contributed by atoms with van der Waals surface area (Å²) in [4.78, 5) is 27.5. The lowest BCUT2D eigenvalue weighted by molar-refractivity contribution is 0.0723. The molecule has 2 aromatic heterocycles. The molecule has 0 spiro atoms. The average molecular weight is 399 g/mol. The Kier molecular flexibility index (Phi) is 6.10. The molecular formula is C20H21N3O4S. The van der Waals surface area contributed by atoms with E-state index >= 15 is 0 Å². The summed E-state index contributed by atoms with van der Waals surface area (Å²) in [6, 6.07) is 12.3. The second kappa shape index (κ2) is 8.71. The third-order valence-corrected chi connectivity index (χ3v) is 5.08. The van der Waals surface area contributed by atoms with Crippen LogP contribution in [0.15, 0.2) is 52.6 Å². The van der Waals surface area contributed by atoms with Crippen LogP contribution in [0.3, 0.4) is 0 Å². The third kappa shape index (κ3) is 4.40. The van der Waals surface area contributed by atoms with Crippen LogP contribution in [0.5, 0.6) is 11.5 Å². The van der Waals surface area contributed by atoms with E-state index < -0.39 is 0 Å². The van der Waals surface area contributed by atoms with E-state index in [0.717, 1.165) is 15.1 Å². The largest absolute Gasteiger partial charge is 0.493 e. The Bertz CT molecular complexity index is 1010. The lowest BCUT2D eigenvalue weighted by Gasteiger charge is -2.22. The molecule has 0 saturated carbocycles. The van der Waals surface area contributed by atoms with Gasteiger partial charge in [0, 0.05) is 24.5 Å². The first-order chi connectivity index (χ1) is 13.5. The van der Waals surface area contributed by atoms with E-state index in [0.29, 0.717) is 24.6 Å².